The second-order valence-corrected chi connectivity index (χ2v) is 14.9. The van der Waals surface area contributed by atoms with E-state index in [0.717, 1.165) is 51.5 Å². The predicted octanol–water partition coefficient (Wildman–Crippen LogP) is 10.9. The van der Waals surface area contributed by atoms with E-state index in [2.05, 4.69) is 72.8 Å². The van der Waals surface area contributed by atoms with Crippen LogP contribution >= 0.6 is 23.2 Å². The van der Waals surface area contributed by atoms with E-state index in [0.29, 0.717) is 22.9 Å². The van der Waals surface area contributed by atoms with E-state index in [1.807, 2.05) is 107 Å². The summed E-state index contributed by atoms with van der Waals surface area (Å²) >= 11 is 13.0. The van der Waals surface area contributed by atoms with Crippen molar-refractivity contribution in [2.75, 3.05) is 10.0 Å². The van der Waals surface area contributed by atoms with Gasteiger partial charge >= 0.3 is 0 Å². The normalized spacial score (nSPS) is 23.8. The lowest BCUT2D eigenvalue weighted by Crippen LogP contribution is -2.70. The first-order chi connectivity index (χ1) is 26.0. The topological polar surface area (TPSA) is 48.3 Å². The number of halogens is 2. The monoisotopic (exact) mass is 730 g/mol. The summed E-state index contributed by atoms with van der Waals surface area (Å²) in [5.74, 6) is -0.763. The molecule has 2 unspecified atom stereocenters. The van der Waals surface area contributed by atoms with Gasteiger partial charge in [0.15, 0.2) is 5.78 Å². The molecule has 2 heterocycles. The number of hydrogen-bond acceptors (Lipinski definition) is 5. The highest BCUT2D eigenvalue weighted by Gasteiger charge is 2.70. The zero-order valence-corrected chi connectivity index (χ0v) is 30.4. The van der Waals surface area contributed by atoms with Crippen LogP contribution in [0.25, 0.3) is 0 Å². The number of carbonyl (C=O) groups excluding carboxylic acids is 1. The van der Waals surface area contributed by atoms with E-state index in [-0.39, 0.29) is 5.78 Å². The molecule has 9 rings (SSSR count). The van der Waals surface area contributed by atoms with E-state index < -0.39 is 22.9 Å². The largest absolute Gasteiger partial charge is 0.294 e. The Hall–Kier alpha value is -5.49. The molecule has 4 atom stereocenters. The zero-order chi connectivity index (χ0) is 36.0. The Balaban J connectivity index is 1.34. The standard InChI is InChI=1S/C46H36Cl2N4O/c47-36-26-22-32(23-27-36)40-42(34-14-5-1-6-15-34)49-51(38-18-9-3-10-19-38)45(40)30-13-31-46(44(45)53)41(33-24-28-37(48)29-25-33)43(35-16-7-2-8-17-35)50-52(46)39-20-11-4-12-21-39/h1-12,14-29,40-41H,13,30-31H2/t40-,41+,45?,46?. The highest BCUT2D eigenvalue weighted by Crippen LogP contribution is 2.59. The minimum absolute atomic E-state index is 0.0771. The van der Waals surface area contributed by atoms with Crippen molar-refractivity contribution < 1.29 is 4.79 Å². The Labute approximate surface area is 319 Å². The molecule has 0 saturated heterocycles. The van der Waals surface area contributed by atoms with Crippen LogP contribution in [0.4, 0.5) is 11.4 Å². The van der Waals surface area contributed by atoms with Crippen LogP contribution in [0.1, 0.15) is 53.4 Å². The Morgan fingerprint density at radius 1 is 0.472 bits per heavy atom. The van der Waals surface area contributed by atoms with Crippen LogP contribution in [0, 0.1) is 0 Å². The second-order valence-electron chi connectivity index (χ2n) is 14.0. The van der Waals surface area contributed by atoms with Gasteiger partial charge in [0.25, 0.3) is 0 Å². The molecule has 5 nitrogen and oxygen atoms in total. The third kappa shape index (κ3) is 5.41. The summed E-state index contributed by atoms with van der Waals surface area (Å²) in [6, 6.07) is 56.7. The van der Waals surface area contributed by atoms with E-state index in [1.54, 1.807) is 0 Å². The minimum Gasteiger partial charge on any atom is -0.294 e. The number of hydrogen-bond donors (Lipinski definition) is 0. The fraction of sp³-hybridized carbons (Fsp3) is 0.152. The van der Waals surface area contributed by atoms with Crippen LogP contribution in [0.15, 0.2) is 180 Å². The second kappa shape index (κ2) is 13.5. The number of para-hydroxylation sites is 2. The molecule has 260 valence electrons. The van der Waals surface area contributed by atoms with Gasteiger partial charge in [0, 0.05) is 10.0 Å². The molecule has 1 saturated carbocycles. The molecule has 6 aromatic rings. The summed E-state index contributed by atoms with van der Waals surface area (Å²) in [6.07, 6.45) is 1.93. The molecule has 6 aromatic carbocycles. The molecular weight excluding hydrogens is 695 g/mol. The van der Waals surface area contributed by atoms with Gasteiger partial charge < -0.3 is 0 Å². The fourth-order valence-electron chi connectivity index (χ4n) is 8.95. The van der Waals surface area contributed by atoms with E-state index >= 15 is 4.79 Å². The van der Waals surface area contributed by atoms with Gasteiger partial charge in [0.1, 0.15) is 11.1 Å². The average molecular weight is 732 g/mol. The van der Waals surface area contributed by atoms with Gasteiger partial charge in [-0.2, -0.15) is 10.2 Å². The molecule has 7 heteroatoms. The third-order valence-corrected chi connectivity index (χ3v) is 11.6. The SMILES string of the molecule is O=C1C2(CCCC13[C@H](c1ccc(Cl)cc1)C(c1ccccc1)=NN3c1ccccc1)[C@@H](c1ccc(Cl)cc1)C(c1ccccc1)=NN2c1ccccc1. The first kappa shape index (κ1) is 33.4. The quantitative estimate of drug-likeness (QED) is 0.171. The minimum atomic E-state index is -1.13. The molecule has 2 spiro atoms. The fourth-order valence-corrected chi connectivity index (χ4v) is 9.20. The van der Waals surface area contributed by atoms with E-state index in [9.17, 15) is 0 Å². The molecule has 0 bridgehead atoms. The molecule has 3 aliphatic rings. The summed E-state index contributed by atoms with van der Waals surface area (Å²) in [5.41, 5.74) is 5.07. The molecule has 0 radical (unpaired) electrons. The van der Waals surface area contributed by atoms with Crippen LogP contribution in [0.3, 0.4) is 0 Å². The Morgan fingerprint density at radius 3 is 1.17 bits per heavy atom. The van der Waals surface area contributed by atoms with Crippen molar-refractivity contribution in [1.82, 2.24) is 0 Å². The molecule has 1 aliphatic carbocycles. The van der Waals surface area contributed by atoms with Gasteiger partial charge in [-0.3, -0.25) is 14.8 Å². The van der Waals surface area contributed by atoms with Crippen molar-refractivity contribution in [2.45, 2.75) is 42.2 Å². The van der Waals surface area contributed by atoms with Crippen LogP contribution in [0.2, 0.25) is 10.0 Å². The van der Waals surface area contributed by atoms with Crippen molar-refractivity contribution in [2.24, 2.45) is 10.2 Å². The van der Waals surface area contributed by atoms with Gasteiger partial charge in [-0.15, -0.1) is 0 Å². The lowest BCUT2D eigenvalue weighted by Gasteiger charge is -2.53. The van der Waals surface area contributed by atoms with Crippen molar-refractivity contribution in [3.63, 3.8) is 0 Å². The first-order valence-corrected chi connectivity index (χ1v) is 18.8. The van der Waals surface area contributed by atoms with Gasteiger partial charge in [-0.1, -0.05) is 145 Å². The highest BCUT2D eigenvalue weighted by atomic mass is 35.5. The summed E-state index contributed by atoms with van der Waals surface area (Å²) in [6.45, 7) is 0. The highest BCUT2D eigenvalue weighted by molar-refractivity contribution is 6.31. The van der Waals surface area contributed by atoms with Crippen LogP contribution in [-0.4, -0.2) is 28.3 Å². The molecular formula is C46H36Cl2N4O. The van der Waals surface area contributed by atoms with Crippen LogP contribution in [-0.2, 0) is 4.79 Å². The Kier molecular flexibility index (Phi) is 8.49. The smallest absolute Gasteiger partial charge is 0.190 e. The first-order valence-electron chi connectivity index (χ1n) is 18.0. The molecule has 0 aromatic heterocycles. The molecule has 1 fully saturated rings. The maximum absolute atomic E-state index is 16.9. The van der Waals surface area contributed by atoms with Gasteiger partial charge in [-0.05, 0) is 90.0 Å². The van der Waals surface area contributed by atoms with Crippen molar-refractivity contribution in [3.8, 4) is 0 Å². The Morgan fingerprint density at radius 2 is 0.811 bits per heavy atom. The zero-order valence-electron chi connectivity index (χ0n) is 28.9. The summed E-state index contributed by atoms with van der Waals surface area (Å²) < 4.78 is 0. The molecule has 0 amide bonds. The number of carbonyl (C=O) groups is 1. The summed E-state index contributed by atoms with van der Waals surface area (Å²) in [7, 11) is 0. The van der Waals surface area contributed by atoms with Crippen LogP contribution in [0.5, 0.6) is 0 Å². The van der Waals surface area contributed by atoms with Crippen molar-refractivity contribution in [3.05, 3.63) is 202 Å². The maximum atomic E-state index is 16.9. The molecule has 53 heavy (non-hydrogen) atoms. The molecule has 0 N–H and O–H groups in total. The van der Waals surface area contributed by atoms with Gasteiger partial charge in [0.2, 0.25) is 0 Å². The summed E-state index contributed by atoms with van der Waals surface area (Å²) in [4.78, 5) is 16.9. The number of hydrazone groups is 2. The van der Waals surface area contributed by atoms with E-state index in [1.165, 1.54) is 0 Å². The maximum Gasteiger partial charge on any atom is 0.190 e. The lowest BCUT2D eigenvalue weighted by molar-refractivity contribution is -0.132. The number of benzene rings is 6. The average Bonchev–Trinajstić information content (AvgIpc) is 3.73. The van der Waals surface area contributed by atoms with Gasteiger partial charge in [-0.25, -0.2) is 0 Å². The van der Waals surface area contributed by atoms with Crippen molar-refractivity contribution >= 4 is 51.8 Å². The number of ketones is 1. The summed E-state index contributed by atoms with van der Waals surface area (Å²) in [5, 5.41) is 16.4. The van der Waals surface area contributed by atoms with Crippen molar-refractivity contribution in [1.29, 1.82) is 0 Å². The number of nitrogens with zero attached hydrogens (tertiary/aromatic N) is 4. The number of Topliss-reactive ketones (excluding diaryl/α,β-unsaturated/α-hetero) is 1. The third-order valence-electron chi connectivity index (χ3n) is 11.1. The number of anilines is 2. The van der Waals surface area contributed by atoms with Gasteiger partial charge in [0.05, 0.1) is 34.6 Å². The number of rotatable bonds is 6. The lowest BCUT2D eigenvalue weighted by atomic mass is 9.57. The predicted molar refractivity (Wildman–Crippen MR) is 217 cm³/mol. The Bertz CT molecular complexity index is 2150. The van der Waals surface area contributed by atoms with E-state index in [4.69, 9.17) is 33.4 Å². The van der Waals surface area contributed by atoms with Crippen LogP contribution < -0.4 is 10.0 Å². The molecule has 2 aliphatic heterocycles.